The van der Waals surface area contributed by atoms with Gasteiger partial charge in [0, 0.05) is 0 Å². The van der Waals surface area contributed by atoms with Crippen molar-refractivity contribution in [3.05, 3.63) is 11.9 Å². The van der Waals surface area contributed by atoms with E-state index >= 15 is 0 Å². The maximum atomic E-state index is 11.5. The number of aliphatic hydroxyl groups is 1. The molecule has 0 amide bonds. The molecular weight excluding hydrogens is 140 g/mol. The maximum Gasteiger partial charge on any atom is 0.442 e. The Balaban J connectivity index is 4.03. The zero-order chi connectivity index (χ0) is 7.49. The number of halogens is 4. The van der Waals surface area contributed by atoms with Crippen LogP contribution in [-0.4, -0.2) is 17.9 Å². The lowest BCUT2D eigenvalue weighted by atomic mass is 10.5. The standard InChI is InChI=1S/C4H4F4O/c5-3(1-2-9)4(6,7)8/h1,9H,2H2. The largest absolute Gasteiger partial charge is 0.442 e. The van der Waals surface area contributed by atoms with Gasteiger partial charge in [-0.05, 0) is 6.08 Å². The molecule has 0 aliphatic rings. The van der Waals surface area contributed by atoms with Crippen LogP contribution in [0.1, 0.15) is 0 Å². The summed E-state index contributed by atoms with van der Waals surface area (Å²) in [6.07, 6.45) is -4.90. The van der Waals surface area contributed by atoms with Crippen molar-refractivity contribution in [3.8, 4) is 0 Å². The number of allylic oxidation sites excluding steroid dienone is 1. The lowest BCUT2D eigenvalue weighted by molar-refractivity contribution is -0.109. The van der Waals surface area contributed by atoms with E-state index < -0.39 is 18.6 Å². The maximum absolute atomic E-state index is 11.5. The third kappa shape index (κ3) is 3.07. The fourth-order valence-electron chi connectivity index (χ4n) is 0.196. The Labute approximate surface area is 48.6 Å². The lowest BCUT2D eigenvalue weighted by Gasteiger charge is -1.99. The van der Waals surface area contributed by atoms with E-state index in [9.17, 15) is 17.6 Å². The molecule has 0 aromatic carbocycles. The average molecular weight is 144 g/mol. The van der Waals surface area contributed by atoms with Gasteiger partial charge in [0.2, 0.25) is 5.83 Å². The van der Waals surface area contributed by atoms with Gasteiger partial charge in [-0.25, -0.2) is 4.39 Å². The number of aliphatic hydroxyl groups excluding tert-OH is 1. The van der Waals surface area contributed by atoms with Crippen molar-refractivity contribution in [2.75, 3.05) is 6.61 Å². The van der Waals surface area contributed by atoms with Crippen LogP contribution in [0.25, 0.3) is 0 Å². The molecule has 0 aliphatic heterocycles. The summed E-state index contributed by atoms with van der Waals surface area (Å²) in [4.78, 5) is 0. The van der Waals surface area contributed by atoms with Crippen LogP contribution in [0.4, 0.5) is 17.6 Å². The van der Waals surface area contributed by atoms with Gasteiger partial charge in [-0.2, -0.15) is 13.2 Å². The molecular formula is C4H4F4O. The highest BCUT2D eigenvalue weighted by molar-refractivity contribution is 4.98. The first-order valence-electron chi connectivity index (χ1n) is 2.02. The molecule has 0 saturated carbocycles. The van der Waals surface area contributed by atoms with Gasteiger partial charge in [-0.3, -0.25) is 0 Å². The van der Waals surface area contributed by atoms with E-state index in [2.05, 4.69) is 0 Å². The summed E-state index contributed by atoms with van der Waals surface area (Å²) in [5.41, 5.74) is 0. The van der Waals surface area contributed by atoms with Gasteiger partial charge in [-0.1, -0.05) is 0 Å². The van der Waals surface area contributed by atoms with Crippen molar-refractivity contribution >= 4 is 0 Å². The number of hydrogen-bond acceptors (Lipinski definition) is 1. The Morgan fingerprint density at radius 2 is 1.89 bits per heavy atom. The second-order valence-corrected chi connectivity index (χ2v) is 1.23. The van der Waals surface area contributed by atoms with Crippen LogP contribution in [0.5, 0.6) is 0 Å². The lowest BCUT2D eigenvalue weighted by Crippen LogP contribution is -2.08. The van der Waals surface area contributed by atoms with Crippen LogP contribution in [0.2, 0.25) is 0 Å². The zero-order valence-electron chi connectivity index (χ0n) is 4.24. The summed E-state index contributed by atoms with van der Waals surface area (Å²) in [5, 5.41) is 7.78. The van der Waals surface area contributed by atoms with Crippen LogP contribution >= 0.6 is 0 Å². The molecule has 0 aromatic rings. The van der Waals surface area contributed by atoms with Crippen LogP contribution in [0.15, 0.2) is 11.9 Å². The highest BCUT2D eigenvalue weighted by Gasteiger charge is 2.33. The SMILES string of the molecule is OCC=C(F)C(F)(F)F. The summed E-state index contributed by atoms with van der Waals surface area (Å²) >= 11 is 0. The Hall–Kier alpha value is -0.580. The molecule has 0 heterocycles. The molecule has 0 unspecified atom stereocenters. The van der Waals surface area contributed by atoms with Gasteiger partial charge < -0.3 is 5.11 Å². The molecule has 0 aromatic heterocycles. The first kappa shape index (κ1) is 8.42. The number of hydrogen-bond donors (Lipinski definition) is 1. The minimum Gasteiger partial charge on any atom is -0.392 e. The third-order valence-electron chi connectivity index (χ3n) is 0.541. The van der Waals surface area contributed by atoms with Crippen molar-refractivity contribution in [3.63, 3.8) is 0 Å². The zero-order valence-corrected chi connectivity index (χ0v) is 4.24. The van der Waals surface area contributed by atoms with Crippen LogP contribution in [0.3, 0.4) is 0 Å². The molecule has 1 nitrogen and oxygen atoms in total. The van der Waals surface area contributed by atoms with E-state index in [1.54, 1.807) is 0 Å². The molecule has 0 aliphatic carbocycles. The van der Waals surface area contributed by atoms with Crippen LogP contribution in [-0.2, 0) is 0 Å². The molecule has 9 heavy (non-hydrogen) atoms. The van der Waals surface area contributed by atoms with E-state index in [4.69, 9.17) is 5.11 Å². The average Bonchev–Trinajstić information content (AvgIpc) is 1.64. The Morgan fingerprint density at radius 1 is 1.44 bits per heavy atom. The molecule has 1 N–H and O–H groups in total. The van der Waals surface area contributed by atoms with E-state index in [-0.39, 0.29) is 6.08 Å². The first-order chi connectivity index (χ1) is 3.98. The molecule has 0 radical (unpaired) electrons. The van der Waals surface area contributed by atoms with Gasteiger partial charge in [0.15, 0.2) is 0 Å². The van der Waals surface area contributed by atoms with Crippen molar-refractivity contribution in [1.29, 1.82) is 0 Å². The van der Waals surface area contributed by atoms with Gasteiger partial charge in [0.05, 0.1) is 6.61 Å². The molecule has 0 fully saturated rings. The molecule has 0 saturated heterocycles. The summed E-state index contributed by atoms with van der Waals surface area (Å²) in [6, 6.07) is 0. The predicted octanol–water partition coefficient (Wildman–Crippen LogP) is 1.39. The summed E-state index contributed by atoms with van der Waals surface area (Å²) < 4.78 is 44.7. The molecule has 54 valence electrons. The van der Waals surface area contributed by atoms with Crippen molar-refractivity contribution in [2.24, 2.45) is 0 Å². The predicted molar refractivity (Wildman–Crippen MR) is 22.3 cm³/mol. The van der Waals surface area contributed by atoms with E-state index in [0.29, 0.717) is 0 Å². The minimum atomic E-state index is -4.96. The fraction of sp³-hybridized carbons (Fsp3) is 0.500. The first-order valence-corrected chi connectivity index (χ1v) is 2.02. The summed E-state index contributed by atoms with van der Waals surface area (Å²) in [6.45, 7) is -0.939. The summed E-state index contributed by atoms with van der Waals surface area (Å²) in [7, 11) is 0. The molecule has 0 bridgehead atoms. The van der Waals surface area contributed by atoms with E-state index in [1.807, 2.05) is 0 Å². The quantitative estimate of drug-likeness (QED) is 0.551. The summed E-state index contributed by atoms with van der Waals surface area (Å²) in [5.74, 6) is -2.26. The second-order valence-electron chi connectivity index (χ2n) is 1.23. The Bertz CT molecular complexity index is 114. The van der Waals surface area contributed by atoms with Crippen LogP contribution < -0.4 is 0 Å². The second kappa shape index (κ2) is 2.82. The van der Waals surface area contributed by atoms with E-state index in [1.165, 1.54) is 0 Å². The van der Waals surface area contributed by atoms with Gasteiger partial charge >= 0.3 is 6.18 Å². The van der Waals surface area contributed by atoms with E-state index in [0.717, 1.165) is 0 Å². The third-order valence-corrected chi connectivity index (χ3v) is 0.541. The Kier molecular flexibility index (Phi) is 2.64. The molecule has 0 atom stereocenters. The van der Waals surface area contributed by atoms with Gasteiger partial charge in [0.1, 0.15) is 0 Å². The number of rotatable bonds is 1. The van der Waals surface area contributed by atoms with Crippen molar-refractivity contribution in [1.82, 2.24) is 0 Å². The van der Waals surface area contributed by atoms with Gasteiger partial charge in [-0.15, -0.1) is 0 Å². The number of alkyl halides is 3. The molecule has 5 heteroatoms. The van der Waals surface area contributed by atoms with Gasteiger partial charge in [0.25, 0.3) is 0 Å². The fourth-order valence-corrected chi connectivity index (χ4v) is 0.196. The smallest absolute Gasteiger partial charge is 0.392 e. The Morgan fingerprint density at radius 3 is 2.00 bits per heavy atom. The van der Waals surface area contributed by atoms with Crippen molar-refractivity contribution < 1.29 is 22.7 Å². The highest BCUT2D eigenvalue weighted by Crippen LogP contribution is 2.25. The topological polar surface area (TPSA) is 20.2 Å². The van der Waals surface area contributed by atoms with Crippen molar-refractivity contribution in [2.45, 2.75) is 6.18 Å². The molecule has 0 rings (SSSR count). The van der Waals surface area contributed by atoms with Crippen LogP contribution in [0, 0.1) is 0 Å². The normalized spacial score (nSPS) is 14.1. The monoisotopic (exact) mass is 144 g/mol. The highest BCUT2D eigenvalue weighted by atomic mass is 19.4. The molecule has 0 spiro atoms. The minimum absolute atomic E-state index is 0.0556.